The summed E-state index contributed by atoms with van der Waals surface area (Å²) in [5.41, 5.74) is 2.62. The molecule has 1 unspecified atom stereocenters. The normalized spacial score (nSPS) is 16.0. The van der Waals surface area contributed by atoms with Gasteiger partial charge in [-0.3, -0.25) is 4.79 Å². The van der Waals surface area contributed by atoms with Crippen molar-refractivity contribution in [3.63, 3.8) is 0 Å². The lowest BCUT2D eigenvalue weighted by Gasteiger charge is -2.27. The lowest BCUT2D eigenvalue weighted by Crippen LogP contribution is -2.40. The molecule has 3 rings (SSSR count). The Bertz CT molecular complexity index is 1050. The molecule has 2 aromatic rings. The Labute approximate surface area is 180 Å². The molecule has 1 atom stereocenters. The molecule has 4 N–H and O–H groups in total. The standard InChI is InChI=1S/C19H18ClN5O3.Al/c1-9-3-4-12(13(20)7-9)16-15(10(2)23-19(21)25-16)17(26)24-14-8-11(18(27)28)5-6-22-14;/h3-8,16H,1-2H3,(H5,21,22,23,24,25,26,27,28);/q;+1/p-1. The number of nitrogens with one attached hydrogen (secondary N) is 3. The van der Waals surface area contributed by atoms with Gasteiger partial charge in [0.15, 0.2) is 5.96 Å². The molecule has 0 spiro atoms. The van der Waals surface area contributed by atoms with Gasteiger partial charge in [0.25, 0.3) is 5.91 Å². The van der Waals surface area contributed by atoms with Crippen molar-refractivity contribution in [3.8, 4) is 0 Å². The van der Waals surface area contributed by atoms with Crippen molar-refractivity contribution in [3.05, 3.63) is 69.5 Å². The Balaban J connectivity index is 1.99. The highest BCUT2D eigenvalue weighted by molar-refractivity contribution is 6.31. The van der Waals surface area contributed by atoms with Gasteiger partial charge in [-0.2, -0.15) is 0 Å². The van der Waals surface area contributed by atoms with Gasteiger partial charge in [0, 0.05) is 22.5 Å². The molecule has 0 saturated carbocycles. The summed E-state index contributed by atoms with van der Waals surface area (Å²) in [6.07, 6.45) is 1.32. The van der Waals surface area contributed by atoms with E-state index >= 15 is 0 Å². The van der Waals surface area contributed by atoms with Crippen molar-refractivity contribution >= 4 is 51.8 Å². The summed E-state index contributed by atoms with van der Waals surface area (Å²) in [6.45, 7) is 3.68. The number of hydrogen-bond acceptors (Lipinski definition) is 6. The monoisotopic (exact) mass is 425 g/mol. The predicted molar refractivity (Wildman–Crippen MR) is 111 cm³/mol. The maximum absolute atomic E-state index is 13.1. The summed E-state index contributed by atoms with van der Waals surface area (Å²) in [7, 11) is 0. The second kappa shape index (κ2) is 8.66. The van der Waals surface area contributed by atoms with E-state index in [0.717, 1.165) is 5.56 Å². The first-order chi connectivity index (χ1) is 13.8. The number of aryl methyl sites for hydroxylation is 1. The Hall–Kier alpha value is -2.86. The summed E-state index contributed by atoms with van der Waals surface area (Å²) < 4.78 is 2.86. The van der Waals surface area contributed by atoms with Crippen LogP contribution in [-0.2, 0) is 4.79 Å². The number of rotatable bonds is 4. The van der Waals surface area contributed by atoms with Gasteiger partial charge in [0.1, 0.15) is 11.9 Å². The van der Waals surface area contributed by atoms with E-state index in [9.17, 15) is 9.59 Å². The molecule has 0 saturated heterocycles. The average molecular weight is 426 g/mol. The summed E-state index contributed by atoms with van der Waals surface area (Å²) in [5, 5.41) is 15.3. The third-order valence-electron chi connectivity index (χ3n) is 4.32. The highest BCUT2D eigenvalue weighted by atomic mass is 35.5. The van der Waals surface area contributed by atoms with Crippen LogP contribution in [0.15, 0.2) is 52.8 Å². The number of hydrogen-bond donors (Lipinski definition) is 4. The third-order valence-corrected chi connectivity index (χ3v) is 4.92. The number of amides is 1. The lowest BCUT2D eigenvalue weighted by atomic mass is 9.95. The number of carbonyl (C=O) groups is 2. The van der Waals surface area contributed by atoms with Crippen LogP contribution in [0.1, 0.15) is 34.5 Å². The average Bonchev–Trinajstić information content (AvgIpc) is 2.67. The molecule has 0 bridgehead atoms. The highest BCUT2D eigenvalue weighted by Crippen LogP contribution is 2.35. The topological polar surface area (TPSA) is 116 Å². The number of carboxylic acids is 1. The van der Waals surface area contributed by atoms with E-state index in [1.165, 1.54) is 18.3 Å². The molecule has 2 heterocycles. The quantitative estimate of drug-likeness (QED) is 0.559. The molecule has 1 amide bonds. The minimum absolute atomic E-state index is 0.0217. The van der Waals surface area contributed by atoms with Gasteiger partial charge in [-0.25, -0.2) is 14.8 Å². The summed E-state index contributed by atoms with van der Waals surface area (Å²) in [5.74, 6) is -0.972. The number of carbonyl (C=O) groups excluding carboxylic acids is 1. The zero-order valence-electron chi connectivity index (χ0n) is 15.7. The summed E-state index contributed by atoms with van der Waals surface area (Å²) in [6, 6.07) is 7.52. The van der Waals surface area contributed by atoms with Crippen LogP contribution in [-0.4, -0.2) is 44.4 Å². The van der Waals surface area contributed by atoms with E-state index in [-0.39, 0.29) is 11.4 Å². The van der Waals surface area contributed by atoms with Crippen molar-refractivity contribution in [2.24, 2.45) is 4.99 Å². The largest absolute Gasteiger partial charge is 0.478 e. The molecule has 1 aliphatic rings. The fourth-order valence-electron chi connectivity index (χ4n) is 2.94. The van der Waals surface area contributed by atoms with Crippen LogP contribution in [0.25, 0.3) is 0 Å². The third kappa shape index (κ3) is 4.59. The minimum Gasteiger partial charge on any atom is -0.478 e. The van der Waals surface area contributed by atoms with Crippen LogP contribution in [0.4, 0.5) is 5.82 Å². The Morgan fingerprint density at radius 3 is 2.66 bits per heavy atom. The molecule has 2 radical (unpaired) electrons. The SMILES string of the molecule is CC1=C(C(=O)Nc2cc(C(=O)O)ccn2)C(c2ccc(C)cc2Cl)N=C([NH][Al])N1. The maximum atomic E-state index is 13.1. The van der Waals surface area contributed by atoms with E-state index in [4.69, 9.17) is 16.7 Å². The molecule has 0 fully saturated rings. The smallest absolute Gasteiger partial charge is 0.335 e. The number of benzene rings is 1. The molecule has 8 nitrogen and oxygen atoms in total. The number of nitrogens with zero attached hydrogens (tertiary/aromatic N) is 2. The molecular formula is C19H17AlClN5O3. The number of carboxylic acid groups (broad SMARTS) is 1. The minimum atomic E-state index is -1.11. The number of halogens is 1. The number of aromatic nitrogens is 1. The zero-order chi connectivity index (χ0) is 21.1. The van der Waals surface area contributed by atoms with Gasteiger partial charge in [-0.05, 0) is 37.6 Å². The van der Waals surface area contributed by atoms with Crippen molar-refractivity contribution in [2.75, 3.05) is 5.32 Å². The van der Waals surface area contributed by atoms with E-state index < -0.39 is 17.9 Å². The van der Waals surface area contributed by atoms with Crippen molar-refractivity contribution in [2.45, 2.75) is 19.9 Å². The van der Waals surface area contributed by atoms with E-state index in [1.54, 1.807) is 6.92 Å². The van der Waals surface area contributed by atoms with E-state index in [0.29, 0.717) is 27.8 Å². The van der Waals surface area contributed by atoms with Gasteiger partial charge < -0.3 is 20.0 Å². The molecule has 10 heteroatoms. The molecule has 0 aliphatic carbocycles. The van der Waals surface area contributed by atoms with Gasteiger partial charge in [0.05, 0.1) is 11.1 Å². The number of aliphatic imine (C=N–C) groups is 1. The Morgan fingerprint density at radius 1 is 1.24 bits per heavy atom. The molecular weight excluding hydrogens is 409 g/mol. The first-order valence-electron chi connectivity index (χ1n) is 8.59. The van der Waals surface area contributed by atoms with Gasteiger partial charge in [-0.1, -0.05) is 23.7 Å². The number of guanidine groups is 1. The first kappa shape index (κ1) is 20.9. The lowest BCUT2D eigenvalue weighted by molar-refractivity contribution is -0.113. The maximum Gasteiger partial charge on any atom is 0.335 e. The fourth-order valence-corrected chi connectivity index (χ4v) is 3.42. The van der Waals surface area contributed by atoms with Crippen LogP contribution in [0, 0.1) is 6.92 Å². The number of anilines is 1. The van der Waals surface area contributed by atoms with Crippen molar-refractivity contribution in [1.29, 1.82) is 0 Å². The van der Waals surface area contributed by atoms with E-state index in [2.05, 4.69) is 41.4 Å². The van der Waals surface area contributed by atoms with Gasteiger partial charge in [-0.15, -0.1) is 0 Å². The fraction of sp³-hybridized carbons (Fsp3) is 0.158. The Morgan fingerprint density at radius 2 is 2.00 bits per heavy atom. The summed E-state index contributed by atoms with van der Waals surface area (Å²) >= 11 is 8.79. The van der Waals surface area contributed by atoms with Crippen molar-refractivity contribution < 1.29 is 14.7 Å². The van der Waals surface area contributed by atoms with Crippen LogP contribution in [0.3, 0.4) is 0 Å². The number of allylic oxidation sites excluding steroid dienone is 1. The second-order valence-electron chi connectivity index (χ2n) is 6.40. The van der Waals surface area contributed by atoms with Crippen LogP contribution in [0.2, 0.25) is 5.02 Å². The predicted octanol–water partition coefficient (Wildman–Crippen LogP) is 2.33. The second-order valence-corrected chi connectivity index (χ2v) is 7.10. The van der Waals surface area contributed by atoms with Crippen LogP contribution in [0.5, 0.6) is 0 Å². The van der Waals surface area contributed by atoms with E-state index in [1.807, 2.05) is 25.1 Å². The molecule has 146 valence electrons. The van der Waals surface area contributed by atoms with Crippen LogP contribution < -0.4 is 14.9 Å². The Kier molecular flexibility index (Phi) is 6.23. The van der Waals surface area contributed by atoms with Crippen LogP contribution >= 0.6 is 11.6 Å². The number of aromatic carboxylic acids is 1. The molecule has 29 heavy (non-hydrogen) atoms. The highest BCUT2D eigenvalue weighted by Gasteiger charge is 2.30. The summed E-state index contributed by atoms with van der Waals surface area (Å²) in [4.78, 5) is 32.8. The first-order valence-corrected chi connectivity index (χ1v) is 9.54. The number of pyridine rings is 1. The molecule has 1 aliphatic heterocycles. The van der Waals surface area contributed by atoms with Gasteiger partial charge >= 0.3 is 22.5 Å². The van der Waals surface area contributed by atoms with Gasteiger partial charge in [0.2, 0.25) is 0 Å². The molecule has 1 aromatic carbocycles. The van der Waals surface area contributed by atoms with Crippen molar-refractivity contribution in [1.82, 2.24) is 14.6 Å². The zero-order valence-corrected chi connectivity index (χ0v) is 17.6. The molecule has 1 aromatic heterocycles.